The van der Waals surface area contributed by atoms with E-state index in [2.05, 4.69) is 15.5 Å². The van der Waals surface area contributed by atoms with Crippen molar-refractivity contribution in [3.8, 4) is 5.69 Å². The first-order chi connectivity index (χ1) is 13.8. The van der Waals surface area contributed by atoms with Crippen LogP contribution < -0.4 is 5.43 Å². The van der Waals surface area contributed by atoms with Gasteiger partial charge in [-0.2, -0.15) is 5.10 Å². The van der Waals surface area contributed by atoms with Crippen molar-refractivity contribution in [3.63, 3.8) is 0 Å². The van der Waals surface area contributed by atoms with Crippen molar-refractivity contribution >= 4 is 23.7 Å². The standard InChI is InChI=1S/C20H19N5O4/c1-12-9-15(10-22-23-19-8-7-16(11-21-19)25(28)29)14(3)24(12)18-6-4-5-17(13(18)2)20(26)27/h4-11H,1-3H3,(H,21,23)(H,26,27)/b22-10+. The second kappa shape index (κ2) is 7.93. The third kappa shape index (κ3) is 3.98. The summed E-state index contributed by atoms with van der Waals surface area (Å²) in [6.45, 7) is 5.64. The zero-order chi connectivity index (χ0) is 21.1. The number of aromatic carboxylic acids is 1. The van der Waals surface area contributed by atoms with Gasteiger partial charge in [0.15, 0.2) is 0 Å². The monoisotopic (exact) mass is 393 g/mol. The van der Waals surface area contributed by atoms with Crippen molar-refractivity contribution in [3.05, 3.63) is 80.8 Å². The second-order valence-corrected chi connectivity index (χ2v) is 6.45. The van der Waals surface area contributed by atoms with Crippen LogP contribution in [0.4, 0.5) is 11.5 Å². The Labute approximate surface area is 166 Å². The van der Waals surface area contributed by atoms with E-state index in [1.54, 1.807) is 25.3 Å². The number of benzene rings is 1. The highest BCUT2D eigenvalue weighted by atomic mass is 16.6. The fraction of sp³-hybridized carbons (Fsp3) is 0.150. The molecular formula is C20H19N5O4. The number of carboxylic acid groups (broad SMARTS) is 1. The summed E-state index contributed by atoms with van der Waals surface area (Å²) in [4.78, 5) is 25.5. The number of nitrogens with one attached hydrogen (secondary N) is 1. The maximum atomic E-state index is 11.4. The van der Waals surface area contributed by atoms with Gasteiger partial charge in [0.05, 0.1) is 16.7 Å². The van der Waals surface area contributed by atoms with Gasteiger partial charge in [-0.1, -0.05) is 6.07 Å². The number of carbonyl (C=O) groups is 1. The van der Waals surface area contributed by atoms with E-state index >= 15 is 0 Å². The molecule has 3 aromatic rings. The van der Waals surface area contributed by atoms with Crippen molar-refractivity contribution in [2.45, 2.75) is 20.8 Å². The number of carboxylic acids is 1. The van der Waals surface area contributed by atoms with Gasteiger partial charge in [0.2, 0.25) is 0 Å². The molecule has 0 saturated heterocycles. The Bertz CT molecular complexity index is 1120. The third-order valence-electron chi connectivity index (χ3n) is 4.59. The number of nitro groups is 1. The minimum absolute atomic E-state index is 0.0953. The Hall–Kier alpha value is -4.01. The van der Waals surface area contributed by atoms with Crippen molar-refractivity contribution in [2.75, 3.05) is 5.43 Å². The van der Waals surface area contributed by atoms with E-state index in [4.69, 9.17) is 0 Å². The van der Waals surface area contributed by atoms with E-state index in [0.29, 0.717) is 11.4 Å². The first-order valence-electron chi connectivity index (χ1n) is 8.71. The summed E-state index contributed by atoms with van der Waals surface area (Å²) in [5, 5.41) is 24.2. The van der Waals surface area contributed by atoms with E-state index < -0.39 is 10.9 Å². The molecule has 2 N–H and O–H groups in total. The van der Waals surface area contributed by atoms with Crippen molar-refractivity contribution in [1.29, 1.82) is 0 Å². The predicted molar refractivity (Wildman–Crippen MR) is 109 cm³/mol. The number of nitrogens with zero attached hydrogens (tertiary/aromatic N) is 4. The second-order valence-electron chi connectivity index (χ2n) is 6.45. The van der Waals surface area contributed by atoms with Crippen molar-refractivity contribution < 1.29 is 14.8 Å². The van der Waals surface area contributed by atoms with E-state index in [-0.39, 0.29) is 11.3 Å². The van der Waals surface area contributed by atoms with Gasteiger partial charge in [0.1, 0.15) is 12.0 Å². The quantitative estimate of drug-likeness (QED) is 0.372. The fourth-order valence-corrected chi connectivity index (χ4v) is 3.11. The zero-order valence-electron chi connectivity index (χ0n) is 16.1. The lowest BCUT2D eigenvalue weighted by Crippen LogP contribution is -2.07. The highest BCUT2D eigenvalue weighted by Crippen LogP contribution is 2.24. The topological polar surface area (TPSA) is 123 Å². The van der Waals surface area contributed by atoms with Gasteiger partial charge in [0.25, 0.3) is 5.69 Å². The number of aromatic nitrogens is 2. The summed E-state index contributed by atoms with van der Waals surface area (Å²) in [6.07, 6.45) is 2.78. The summed E-state index contributed by atoms with van der Waals surface area (Å²) in [6, 6.07) is 9.94. The molecule has 0 aliphatic rings. The third-order valence-corrected chi connectivity index (χ3v) is 4.59. The van der Waals surface area contributed by atoms with E-state index in [1.165, 1.54) is 12.1 Å². The molecule has 9 heteroatoms. The van der Waals surface area contributed by atoms with E-state index in [1.807, 2.05) is 30.5 Å². The van der Waals surface area contributed by atoms with E-state index in [0.717, 1.165) is 28.8 Å². The lowest BCUT2D eigenvalue weighted by molar-refractivity contribution is -0.385. The Morgan fingerprint density at radius 1 is 1.28 bits per heavy atom. The van der Waals surface area contributed by atoms with Crippen molar-refractivity contribution in [2.24, 2.45) is 5.10 Å². The van der Waals surface area contributed by atoms with Crippen LogP contribution in [0, 0.1) is 30.9 Å². The molecule has 3 rings (SSSR count). The van der Waals surface area contributed by atoms with Crippen LogP contribution in [0.5, 0.6) is 0 Å². The summed E-state index contributed by atoms with van der Waals surface area (Å²) < 4.78 is 1.98. The summed E-state index contributed by atoms with van der Waals surface area (Å²) in [5.41, 5.74) is 7.06. The molecule has 0 radical (unpaired) electrons. The van der Waals surface area contributed by atoms with Crippen molar-refractivity contribution in [1.82, 2.24) is 9.55 Å². The highest BCUT2D eigenvalue weighted by Gasteiger charge is 2.15. The Morgan fingerprint density at radius 3 is 2.66 bits per heavy atom. The summed E-state index contributed by atoms with van der Waals surface area (Å²) >= 11 is 0. The van der Waals surface area contributed by atoms with Crippen LogP contribution in [0.1, 0.15) is 32.9 Å². The normalized spacial score (nSPS) is 11.0. The highest BCUT2D eigenvalue weighted by molar-refractivity contribution is 5.90. The van der Waals surface area contributed by atoms with Gasteiger partial charge < -0.3 is 9.67 Å². The molecule has 2 heterocycles. The average molecular weight is 393 g/mol. The van der Waals surface area contributed by atoms with Gasteiger partial charge in [-0.15, -0.1) is 0 Å². The lowest BCUT2D eigenvalue weighted by atomic mass is 10.1. The zero-order valence-corrected chi connectivity index (χ0v) is 16.1. The number of anilines is 1. The Balaban J connectivity index is 1.86. The fourth-order valence-electron chi connectivity index (χ4n) is 3.11. The molecular weight excluding hydrogens is 374 g/mol. The predicted octanol–water partition coefficient (Wildman–Crippen LogP) is 3.85. The van der Waals surface area contributed by atoms with Crippen LogP contribution >= 0.6 is 0 Å². The number of hydrogen-bond donors (Lipinski definition) is 2. The number of aryl methyl sites for hydroxylation is 1. The number of hydrogen-bond acceptors (Lipinski definition) is 6. The molecule has 0 unspecified atom stereocenters. The molecule has 0 saturated carbocycles. The maximum Gasteiger partial charge on any atom is 0.336 e. The number of pyridine rings is 1. The molecule has 1 aromatic carbocycles. The molecule has 0 spiro atoms. The van der Waals surface area contributed by atoms with Crippen LogP contribution in [0.2, 0.25) is 0 Å². The average Bonchev–Trinajstić information content (AvgIpc) is 2.96. The van der Waals surface area contributed by atoms with Crippen LogP contribution in [-0.2, 0) is 0 Å². The van der Waals surface area contributed by atoms with Crippen LogP contribution in [0.25, 0.3) is 5.69 Å². The number of hydrazone groups is 1. The van der Waals surface area contributed by atoms with Crippen LogP contribution in [-0.4, -0.2) is 31.8 Å². The molecule has 0 atom stereocenters. The minimum Gasteiger partial charge on any atom is -0.478 e. The Morgan fingerprint density at radius 2 is 2.03 bits per heavy atom. The number of rotatable bonds is 6. The largest absolute Gasteiger partial charge is 0.478 e. The molecule has 0 fully saturated rings. The SMILES string of the molecule is Cc1c(C(=O)O)cccc1-n1c(C)cc(/C=N/Nc2ccc([N+](=O)[O-])cn2)c1C. The Kier molecular flexibility index (Phi) is 5.40. The van der Waals surface area contributed by atoms with Gasteiger partial charge in [-0.25, -0.2) is 9.78 Å². The maximum absolute atomic E-state index is 11.4. The summed E-state index contributed by atoms with van der Waals surface area (Å²) in [5.74, 6) is -0.584. The molecule has 0 bridgehead atoms. The van der Waals surface area contributed by atoms with Gasteiger partial charge in [0, 0.05) is 28.7 Å². The van der Waals surface area contributed by atoms with Crippen LogP contribution in [0.15, 0.2) is 47.7 Å². The molecule has 9 nitrogen and oxygen atoms in total. The van der Waals surface area contributed by atoms with E-state index in [9.17, 15) is 20.0 Å². The first kappa shape index (κ1) is 19.7. The summed E-state index contributed by atoms with van der Waals surface area (Å²) in [7, 11) is 0. The van der Waals surface area contributed by atoms with Gasteiger partial charge in [-0.3, -0.25) is 15.5 Å². The molecule has 0 aliphatic heterocycles. The molecule has 29 heavy (non-hydrogen) atoms. The minimum atomic E-state index is -0.964. The smallest absolute Gasteiger partial charge is 0.336 e. The van der Waals surface area contributed by atoms with Gasteiger partial charge in [-0.05, 0) is 50.6 Å². The molecule has 2 aromatic heterocycles. The molecule has 0 aliphatic carbocycles. The van der Waals surface area contributed by atoms with Gasteiger partial charge >= 0.3 is 5.97 Å². The first-order valence-corrected chi connectivity index (χ1v) is 8.71. The lowest BCUT2D eigenvalue weighted by Gasteiger charge is -2.14. The molecule has 148 valence electrons. The molecule has 0 amide bonds. The van der Waals surface area contributed by atoms with Crippen LogP contribution in [0.3, 0.4) is 0 Å².